The summed E-state index contributed by atoms with van der Waals surface area (Å²) in [5, 5.41) is 0. The van der Waals surface area contributed by atoms with Crippen molar-refractivity contribution in [1.82, 2.24) is 0 Å². The zero-order chi connectivity index (χ0) is 12.7. The molecule has 17 heavy (non-hydrogen) atoms. The normalized spacial score (nSPS) is 9.76. The molecule has 0 atom stereocenters. The zero-order valence-corrected chi connectivity index (χ0v) is 10.6. The summed E-state index contributed by atoms with van der Waals surface area (Å²) in [6, 6.07) is 7.10. The monoisotopic (exact) mass is 254 g/mol. The van der Waals surface area contributed by atoms with Gasteiger partial charge in [0.05, 0.1) is 25.5 Å². The Morgan fingerprint density at radius 2 is 1.76 bits per heavy atom. The first-order chi connectivity index (χ1) is 8.17. The van der Waals surface area contributed by atoms with Gasteiger partial charge in [-0.05, 0) is 17.7 Å². The molecular weight excluding hydrogens is 240 g/mol. The first kappa shape index (κ1) is 13.6. The Balaban J connectivity index is 2.46. The van der Waals surface area contributed by atoms with Crippen LogP contribution in [-0.4, -0.2) is 31.9 Å². The van der Waals surface area contributed by atoms with E-state index < -0.39 is 0 Å². The van der Waals surface area contributed by atoms with Gasteiger partial charge in [0, 0.05) is 5.75 Å². The fraction of sp³-hybridized carbons (Fsp3) is 0.333. The van der Waals surface area contributed by atoms with E-state index in [4.69, 9.17) is 0 Å². The average Bonchev–Trinajstić information content (AvgIpc) is 2.38. The second-order valence-corrected chi connectivity index (χ2v) is 4.24. The molecule has 1 aromatic carbocycles. The van der Waals surface area contributed by atoms with Gasteiger partial charge in [0.1, 0.15) is 0 Å². The number of benzene rings is 1. The summed E-state index contributed by atoms with van der Waals surface area (Å²) in [5.41, 5.74) is 1.57. The molecule has 0 bridgehead atoms. The summed E-state index contributed by atoms with van der Waals surface area (Å²) in [5.74, 6) is 0.450. The maximum absolute atomic E-state index is 11.2. The van der Waals surface area contributed by atoms with Crippen molar-refractivity contribution in [3.05, 3.63) is 35.4 Å². The molecular formula is C12H14O4S. The molecule has 0 radical (unpaired) electrons. The molecule has 1 rings (SSSR count). The molecule has 0 unspecified atom stereocenters. The topological polar surface area (TPSA) is 52.6 Å². The third kappa shape index (κ3) is 4.48. The third-order valence-electron chi connectivity index (χ3n) is 2.09. The Labute approximate surface area is 104 Å². The first-order valence-electron chi connectivity index (χ1n) is 4.99. The van der Waals surface area contributed by atoms with Crippen LogP contribution in [0.3, 0.4) is 0 Å². The Morgan fingerprint density at radius 3 is 2.29 bits per heavy atom. The predicted molar refractivity (Wildman–Crippen MR) is 66.0 cm³/mol. The Hall–Kier alpha value is -1.49. The van der Waals surface area contributed by atoms with Crippen molar-refractivity contribution >= 4 is 23.7 Å². The molecule has 5 heteroatoms. The van der Waals surface area contributed by atoms with Crippen LogP contribution in [0.4, 0.5) is 0 Å². The SMILES string of the molecule is COC(=O)CSCc1ccc(C(=O)OC)cc1. The van der Waals surface area contributed by atoms with E-state index in [1.54, 1.807) is 12.1 Å². The molecule has 0 fully saturated rings. The van der Waals surface area contributed by atoms with Gasteiger partial charge in [0.25, 0.3) is 0 Å². The number of ether oxygens (including phenoxy) is 2. The van der Waals surface area contributed by atoms with Crippen LogP contribution in [0.25, 0.3) is 0 Å². The van der Waals surface area contributed by atoms with Gasteiger partial charge in [-0.25, -0.2) is 4.79 Å². The minimum atomic E-state index is -0.348. The summed E-state index contributed by atoms with van der Waals surface area (Å²) < 4.78 is 9.13. The van der Waals surface area contributed by atoms with Crippen LogP contribution in [-0.2, 0) is 20.0 Å². The van der Waals surface area contributed by atoms with Gasteiger partial charge >= 0.3 is 11.9 Å². The summed E-state index contributed by atoms with van der Waals surface area (Å²) in [7, 11) is 2.72. The number of rotatable bonds is 5. The van der Waals surface area contributed by atoms with Gasteiger partial charge < -0.3 is 9.47 Å². The maximum atomic E-state index is 11.2. The molecule has 0 spiro atoms. The Kier molecular flexibility index (Phi) is 5.56. The van der Waals surface area contributed by atoms with E-state index in [-0.39, 0.29) is 11.9 Å². The molecule has 92 valence electrons. The number of thioether (sulfide) groups is 1. The summed E-state index contributed by atoms with van der Waals surface area (Å²) in [6.07, 6.45) is 0. The molecule has 0 aliphatic rings. The van der Waals surface area contributed by atoms with Gasteiger partial charge in [0.2, 0.25) is 0 Å². The predicted octanol–water partition coefficient (Wildman–Crippen LogP) is 1.88. The molecule has 0 N–H and O–H groups in total. The largest absolute Gasteiger partial charge is 0.468 e. The zero-order valence-electron chi connectivity index (χ0n) is 9.76. The van der Waals surface area contributed by atoms with Crippen LogP contribution in [0.1, 0.15) is 15.9 Å². The van der Waals surface area contributed by atoms with Crippen molar-refractivity contribution in [2.75, 3.05) is 20.0 Å². The highest BCUT2D eigenvalue weighted by molar-refractivity contribution is 7.99. The average molecular weight is 254 g/mol. The number of hydrogen-bond acceptors (Lipinski definition) is 5. The highest BCUT2D eigenvalue weighted by atomic mass is 32.2. The van der Waals surface area contributed by atoms with Gasteiger partial charge in [-0.2, -0.15) is 0 Å². The number of carbonyl (C=O) groups excluding carboxylic acids is 2. The number of hydrogen-bond donors (Lipinski definition) is 0. The standard InChI is InChI=1S/C12H14O4S/c1-15-11(13)8-17-7-9-3-5-10(6-4-9)12(14)16-2/h3-6H,7-8H2,1-2H3. The highest BCUT2D eigenvalue weighted by Crippen LogP contribution is 2.13. The second-order valence-electron chi connectivity index (χ2n) is 3.26. The van der Waals surface area contributed by atoms with Crippen LogP contribution in [0.15, 0.2) is 24.3 Å². The fourth-order valence-corrected chi connectivity index (χ4v) is 1.98. The quantitative estimate of drug-likeness (QED) is 0.751. The van der Waals surface area contributed by atoms with E-state index in [9.17, 15) is 9.59 Å². The smallest absolute Gasteiger partial charge is 0.337 e. The minimum Gasteiger partial charge on any atom is -0.468 e. The van der Waals surface area contributed by atoms with Crippen LogP contribution < -0.4 is 0 Å². The summed E-state index contributed by atoms with van der Waals surface area (Å²) in [6.45, 7) is 0. The molecule has 0 aliphatic carbocycles. The number of esters is 2. The van der Waals surface area contributed by atoms with E-state index in [1.807, 2.05) is 12.1 Å². The van der Waals surface area contributed by atoms with E-state index in [2.05, 4.69) is 9.47 Å². The van der Waals surface area contributed by atoms with Gasteiger partial charge in [-0.15, -0.1) is 11.8 Å². The number of methoxy groups -OCH3 is 2. The van der Waals surface area contributed by atoms with E-state index in [0.717, 1.165) is 5.56 Å². The van der Waals surface area contributed by atoms with Crippen molar-refractivity contribution in [2.45, 2.75) is 5.75 Å². The van der Waals surface area contributed by atoms with Crippen molar-refractivity contribution in [3.8, 4) is 0 Å². The Morgan fingerprint density at radius 1 is 1.12 bits per heavy atom. The molecule has 0 aliphatic heterocycles. The van der Waals surface area contributed by atoms with Crippen molar-refractivity contribution in [1.29, 1.82) is 0 Å². The van der Waals surface area contributed by atoms with Crippen LogP contribution in [0.5, 0.6) is 0 Å². The third-order valence-corrected chi connectivity index (χ3v) is 3.07. The van der Waals surface area contributed by atoms with Crippen LogP contribution in [0, 0.1) is 0 Å². The van der Waals surface area contributed by atoms with Gasteiger partial charge in [-0.3, -0.25) is 4.79 Å². The van der Waals surface area contributed by atoms with Crippen molar-refractivity contribution in [3.63, 3.8) is 0 Å². The number of carbonyl (C=O) groups is 2. The molecule has 1 aromatic rings. The van der Waals surface area contributed by atoms with Crippen molar-refractivity contribution < 1.29 is 19.1 Å². The lowest BCUT2D eigenvalue weighted by Crippen LogP contribution is -2.03. The fourth-order valence-electron chi connectivity index (χ4n) is 1.17. The molecule has 0 saturated heterocycles. The van der Waals surface area contributed by atoms with Gasteiger partial charge in [0.15, 0.2) is 0 Å². The lowest BCUT2D eigenvalue weighted by Gasteiger charge is -2.03. The Bertz CT molecular complexity index is 386. The molecule has 0 amide bonds. The first-order valence-corrected chi connectivity index (χ1v) is 6.14. The second kappa shape index (κ2) is 6.96. The molecule has 4 nitrogen and oxygen atoms in total. The molecule has 0 saturated carbocycles. The maximum Gasteiger partial charge on any atom is 0.337 e. The highest BCUT2D eigenvalue weighted by Gasteiger charge is 2.05. The lowest BCUT2D eigenvalue weighted by atomic mass is 10.1. The molecule has 0 aromatic heterocycles. The van der Waals surface area contributed by atoms with Crippen LogP contribution in [0.2, 0.25) is 0 Å². The van der Waals surface area contributed by atoms with Gasteiger partial charge in [-0.1, -0.05) is 12.1 Å². The molecule has 0 heterocycles. The van der Waals surface area contributed by atoms with Crippen LogP contribution >= 0.6 is 11.8 Å². The minimum absolute atomic E-state index is 0.235. The summed E-state index contributed by atoms with van der Waals surface area (Å²) in [4.78, 5) is 22.1. The van der Waals surface area contributed by atoms with E-state index in [0.29, 0.717) is 17.1 Å². The van der Waals surface area contributed by atoms with E-state index in [1.165, 1.54) is 26.0 Å². The lowest BCUT2D eigenvalue weighted by molar-refractivity contribution is -0.137. The van der Waals surface area contributed by atoms with E-state index >= 15 is 0 Å². The summed E-state index contributed by atoms with van der Waals surface area (Å²) >= 11 is 1.47. The van der Waals surface area contributed by atoms with Crippen molar-refractivity contribution in [2.24, 2.45) is 0 Å².